The molecular formula is C16H17N3O2. The second kappa shape index (κ2) is 6.56. The minimum Gasteiger partial charge on any atom is -0.326 e. The highest BCUT2D eigenvalue weighted by atomic mass is 16.2. The van der Waals surface area contributed by atoms with E-state index in [-0.39, 0.29) is 11.9 Å². The Morgan fingerprint density at radius 1 is 0.810 bits per heavy atom. The van der Waals surface area contributed by atoms with Crippen molar-refractivity contribution in [2.75, 3.05) is 16.0 Å². The first-order valence-corrected chi connectivity index (χ1v) is 6.55. The van der Waals surface area contributed by atoms with Crippen molar-refractivity contribution in [1.82, 2.24) is 0 Å². The molecule has 3 N–H and O–H groups in total. The number of carbonyl (C=O) groups is 2. The number of hydrogen-bond acceptors (Lipinski definition) is 2. The van der Waals surface area contributed by atoms with Gasteiger partial charge in [0.2, 0.25) is 5.91 Å². The van der Waals surface area contributed by atoms with E-state index in [1.165, 1.54) is 6.92 Å². The Balaban J connectivity index is 1.95. The Hall–Kier alpha value is -2.82. The molecule has 0 aliphatic carbocycles. The Kier molecular flexibility index (Phi) is 4.56. The molecule has 3 amide bonds. The van der Waals surface area contributed by atoms with Gasteiger partial charge in [0.25, 0.3) is 0 Å². The minimum atomic E-state index is -0.312. The molecule has 2 aromatic carbocycles. The monoisotopic (exact) mass is 283 g/mol. The van der Waals surface area contributed by atoms with Gasteiger partial charge in [-0.1, -0.05) is 12.1 Å². The van der Waals surface area contributed by atoms with Gasteiger partial charge < -0.3 is 16.0 Å². The van der Waals surface area contributed by atoms with Crippen molar-refractivity contribution in [2.45, 2.75) is 13.8 Å². The van der Waals surface area contributed by atoms with Gasteiger partial charge in [0.05, 0.1) is 0 Å². The van der Waals surface area contributed by atoms with Crippen molar-refractivity contribution >= 4 is 29.0 Å². The zero-order valence-corrected chi connectivity index (χ0v) is 11.9. The number of urea groups is 1. The van der Waals surface area contributed by atoms with Crippen molar-refractivity contribution in [3.8, 4) is 0 Å². The van der Waals surface area contributed by atoms with E-state index in [4.69, 9.17) is 0 Å². The second-order valence-electron chi connectivity index (χ2n) is 4.71. The molecule has 0 saturated heterocycles. The highest BCUT2D eigenvalue weighted by Crippen LogP contribution is 2.14. The first-order valence-electron chi connectivity index (χ1n) is 6.55. The smallest absolute Gasteiger partial charge is 0.323 e. The van der Waals surface area contributed by atoms with Crippen molar-refractivity contribution < 1.29 is 9.59 Å². The van der Waals surface area contributed by atoms with Crippen LogP contribution in [-0.2, 0) is 4.79 Å². The van der Waals surface area contributed by atoms with Gasteiger partial charge in [-0.15, -0.1) is 0 Å². The van der Waals surface area contributed by atoms with Crippen molar-refractivity contribution in [3.63, 3.8) is 0 Å². The lowest BCUT2D eigenvalue weighted by Gasteiger charge is -2.09. The molecule has 0 radical (unpaired) electrons. The minimum absolute atomic E-state index is 0.132. The SMILES string of the molecule is CC(=O)Nc1ccc(NC(=O)Nc2cccc(C)c2)cc1. The molecule has 0 aliphatic rings. The van der Waals surface area contributed by atoms with Gasteiger partial charge in [-0.25, -0.2) is 4.79 Å². The van der Waals surface area contributed by atoms with Crippen LogP contribution in [0.4, 0.5) is 21.9 Å². The highest BCUT2D eigenvalue weighted by Gasteiger charge is 2.03. The topological polar surface area (TPSA) is 70.2 Å². The Labute approximate surface area is 123 Å². The molecule has 5 nitrogen and oxygen atoms in total. The van der Waals surface area contributed by atoms with Crippen LogP contribution >= 0.6 is 0 Å². The Morgan fingerprint density at radius 2 is 1.38 bits per heavy atom. The number of amides is 3. The number of anilines is 3. The van der Waals surface area contributed by atoms with Crippen LogP contribution < -0.4 is 16.0 Å². The summed E-state index contributed by atoms with van der Waals surface area (Å²) in [6, 6.07) is 14.1. The van der Waals surface area contributed by atoms with E-state index in [1.54, 1.807) is 24.3 Å². The van der Waals surface area contributed by atoms with Gasteiger partial charge in [-0.3, -0.25) is 4.79 Å². The summed E-state index contributed by atoms with van der Waals surface area (Å²) in [5, 5.41) is 8.15. The van der Waals surface area contributed by atoms with Crippen LogP contribution in [0.15, 0.2) is 48.5 Å². The summed E-state index contributed by atoms with van der Waals surface area (Å²) >= 11 is 0. The van der Waals surface area contributed by atoms with Gasteiger partial charge in [-0.2, -0.15) is 0 Å². The Morgan fingerprint density at radius 3 is 1.95 bits per heavy atom. The molecule has 0 bridgehead atoms. The molecule has 0 unspecified atom stereocenters. The van der Waals surface area contributed by atoms with Crippen LogP contribution in [0.5, 0.6) is 0 Å². The summed E-state index contributed by atoms with van der Waals surface area (Å²) < 4.78 is 0. The van der Waals surface area contributed by atoms with Gasteiger partial charge in [-0.05, 0) is 48.9 Å². The van der Waals surface area contributed by atoms with Gasteiger partial charge >= 0.3 is 6.03 Å². The third-order valence-corrected chi connectivity index (χ3v) is 2.74. The average Bonchev–Trinajstić information content (AvgIpc) is 2.40. The molecular weight excluding hydrogens is 266 g/mol. The zero-order valence-electron chi connectivity index (χ0n) is 11.9. The van der Waals surface area contributed by atoms with Crippen LogP contribution in [0.1, 0.15) is 12.5 Å². The Bertz CT molecular complexity index is 651. The van der Waals surface area contributed by atoms with Crippen LogP contribution in [-0.4, -0.2) is 11.9 Å². The third kappa shape index (κ3) is 4.65. The largest absolute Gasteiger partial charge is 0.326 e. The zero-order chi connectivity index (χ0) is 15.2. The molecule has 0 spiro atoms. The molecule has 0 saturated carbocycles. The number of aryl methyl sites for hydroxylation is 1. The van der Waals surface area contributed by atoms with E-state index in [9.17, 15) is 9.59 Å². The molecule has 0 aliphatic heterocycles. The summed E-state index contributed by atoms with van der Waals surface area (Å²) in [5.74, 6) is -0.132. The summed E-state index contributed by atoms with van der Waals surface area (Å²) in [7, 11) is 0. The maximum atomic E-state index is 11.9. The standard InChI is InChI=1S/C16H17N3O2/c1-11-4-3-5-15(10-11)19-16(21)18-14-8-6-13(7-9-14)17-12(2)20/h3-10H,1-2H3,(H,17,20)(H2,18,19,21). The fraction of sp³-hybridized carbons (Fsp3) is 0.125. The average molecular weight is 283 g/mol. The maximum Gasteiger partial charge on any atom is 0.323 e. The number of carbonyl (C=O) groups excluding carboxylic acids is 2. The molecule has 5 heteroatoms. The molecule has 0 aromatic heterocycles. The quantitative estimate of drug-likeness (QED) is 0.805. The van der Waals surface area contributed by atoms with Gasteiger partial charge in [0.1, 0.15) is 0 Å². The number of benzene rings is 2. The van der Waals surface area contributed by atoms with Gasteiger partial charge in [0, 0.05) is 24.0 Å². The maximum absolute atomic E-state index is 11.9. The number of nitrogens with one attached hydrogen (secondary N) is 3. The highest BCUT2D eigenvalue weighted by molar-refractivity contribution is 6.00. The second-order valence-corrected chi connectivity index (χ2v) is 4.71. The summed E-state index contributed by atoms with van der Waals surface area (Å²) in [6.45, 7) is 3.41. The van der Waals surface area contributed by atoms with E-state index in [0.29, 0.717) is 11.4 Å². The van der Waals surface area contributed by atoms with Crippen LogP contribution in [0.3, 0.4) is 0 Å². The lowest BCUT2D eigenvalue weighted by molar-refractivity contribution is -0.114. The summed E-state index contributed by atoms with van der Waals surface area (Å²) in [5.41, 5.74) is 3.15. The van der Waals surface area contributed by atoms with Crippen LogP contribution in [0.25, 0.3) is 0 Å². The van der Waals surface area contributed by atoms with E-state index < -0.39 is 0 Å². The van der Waals surface area contributed by atoms with E-state index in [0.717, 1.165) is 11.3 Å². The first kappa shape index (κ1) is 14.6. The van der Waals surface area contributed by atoms with Crippen molar-refractivity contribution in [2.24, 2.45) is 0 Å². The summed E-state index contributed by atoms with van der Waals surface area (Å²) in [6.07, 6.45) is 0. The molecule has 0 heterocycles. The van der Waals surface area contributed by atoms with E-state index >= 15 is 0 Å². The van der Waals surface area contributed by atoms with E-state index in [1.807, 2.05) is 31.2 Å². The molecule has 21 heavy (non-hydrogen) atoms. The summed E-state index contributed by atoms with van der Waals surface area (Å²) in [4.78, 5) is 22.8. The van der Waals surface area contributed by atoms with Gasteiger partial charge in [0.15, 0.2) is 0 Å². The van der Waals surface area contributed by atoms with Crippen LogP contribution in [0, 0.1) is 6.92 Å². The lowest BCUT2D eigenvalue weighted by atomic mass is 10.2. The fourth-order valence-corrected chi connectivity index (χ4v) is 1.86. The first-order chi connectivity index (χ1) is 10.0. The van der Waals surface area contributed by atoms with Crippen LogP contribution in [0.2, 0.25) is 0 Å². The number of rotatable bonds is 3. The van der Waals surface area contributed by atoms with Crippen molar-refractivity contribution in [1.29, 1.82) is 0 Å². The van der Waals surface area contributed by atoms with Crippen molar-refractivity contribution in [3.05, 3.63) is 54.1 Å². The fourth-order valence-electron chi connectivity index (χ4n) is 1.86. The molecule has 0 fully saturated rings. The molecule has 2 rings (SSSR count). The predicted molar refractivity (Wildman–Crippen MR) is 84.6 cm³/mol. The predicted octanol–water partition coefficient (Wildman–Crippen LogP) is 3.60. The molecule has 108 valence electrons. The van der Waals surface area contributed by atoms with E-state index in [2.05, 4.69) is 16.0 Å². The third-order valence-electron chi connectivity index (χ3n) is 2.74. The number of hydrogen-bond donors (Lipinski definition) is 3. The lowest BCUT2D eigenvalue weighted by Crippen LogP contribution is -2.19. The molecule has 0 atom stereocenters. The molecule has 2 aromatic rings. The normalized spacial score (nSPS) is 9.81.